The Morgan fingerprint density at radius 2 is 1.16 bits per heavy atom. The van der Waals surface area contributed by atoms with Gasteiger partial charge in [0.1, 0.15) is 95.8 Å². The summed E-state index contributed by atoms with van der Waals surface area (Å²) in [5, 5.41) is 2.33. The molecule has 74 heavy (non-hydrogen) atoms. The van der Waals surface area contributed by atoms with Crippen LogP contribution in [0.1, 0.15) is 60.1 Å². The second-order valence-electron chi connectivity index (χ2n) is 23.3. The van der Waals surface area contributed by atoms with Gasteiger partial charge in [-0.3, -0.25) is 4.57 Å². The van der Waals surface area contributed by atoms with Gasteiger partial charge in [0.05, 0.1) is 22.5 Å². The molecule has 4 unspecified atom stereocenters. The molecule has 1 aromatic heterocycles. The van der Waals surface area contributed by atoms with Crippen LogP contribution in [0.25, 0.3) is 38.8 Å². The van der Waals surface area contributed by atoms with Crippen LogP contribution >= 0.6 is 0 Å². The molecule has 348 valence electrons. The number of allylic oxidation sites excluding steroid dienone is 8. The van der Waals surface area contributed by atoms with Crippen LogP contribution in [0.4, 0.5) is 11.4 Å². The zero-order valence-electron chi connectivity index (χ0n) is 45.4. The molecule has 2 N–H and O–H groups in total. The lowest BCUT2D eigenvalue weighted by molar-refractivity contribution is 0.361. The van der Waals surface area contributed by atoms with E-state index >= 15 is 0 Å². The van der Waals surface area contributed by atoms with E-state index in [1.807, 2.05) is 0 Å². The molecule has 13 rings (SSSR count). The van der Waals surface area contributed by atoms with Crippen molar-refractivity contribution in [1.82, 2.24) is 4.57 Å². The molecule has 0 radical (unpaired) electrons. The van der Waals surface area contributed by atoms with E-state index in [0.29, 0.717) is 5.82 Å². The Kier molecular flexibility index (Phi) is 10.2. The molecular weight excluding hydrogens is 887 g/mol. The first-order chi connectivity index (χ1) is 35.4. The van der Waals surface area contributed by atoms with Crippen molar-refractivity contribution in [1.29, 1.82) is 0 Å². The van der Waals surface area contributed by atoms with E-state index in [1.54, 1.807) is 0 Å². The van der Waals surface area contributed by atoms with Gasteiger partial charge in [0, 0.05) is 44.6 Å². The number of nitrogens with zero attached hydrogens (tertiary/aromatic N) is 2. The number of benzene rings is 7. The second-order valence-corrected chi connectivity index (χ2v) is 23.3. The van der Waals surface area contributed by atoms with Crippen LogP contribution < -0.4 is 70.0 Å². The van der Waals surface area contributed by atoms with Crippen molar-refractivity contribution in [3.63, 3.8) is 0 Å². The topological polar surface area (TPSA) is 43.4 Å². The summed E-state index contributed by atoms with van der Waals surface area (Å²) < 4.78 is 9.78. The maximum atomic E-state index is 7.80. The molecule has 4 aliphatic heterocycles. The SMILES string of the molecule is Bc1c(B)c(B)c(C2=CC=CC2(c2c(B)c(B)c(B)c(B)c2B)C2c3ccccc3N3c4cccc5c4C4(/C=C/C(c6ccccc6)=C(C(C)(C)C)\C=C(/N)n6c7ccccc7c7ccc(c4c76)O5)C23)c(B)c1B. The highest BCUT2D eigenvalue weighted by atomic mass is 16.5. The number of hydrogen-bond acceptors (Lipinski definition) is 3. The fourth-order valence-corrected chi connectivity index (χ4v) is 15.1. The monoisotopic (exact) mass is 946 g/mol. The number of para-hydroxylation sites is 2. The molecule has 1 aliphatic carbocycles. The van der Waals surface area contributed by atoms with E-state index in [9.17, 15) is 0 Å². The Labute approximate surface area is 445 Å². The van der Waals surface area contributed by atoms with Gasteiger partial charge in [0.2, 0.25) is 0 Å². The summed E-state index contributed by atoms with van der Waals surface area (Å²) in [5.74, 6) is 2.31. The van der Waals surface area contributed by atoms with Gasteiger partial charge in [-0.2, -0.15) is 0 Å². The Morgan fingerprint density at radius 1 is 0.554 bits per heavy atom. The summed E-state index contributed by atoms with van der Waals surface area (Å²) in [6.07, 6.45) is 14.9. The van der Waals surface area contributed by atoms with E-state index in [2.05, 4.69) is 254 Å². The van der Waals surface area contributed by atoms with Gasteiger partial charge in [-0.1, -0.05) is 146 Å². The highest BCUT2D eigenvalue weighted by Crippen LogP contribution is 2.72. The first-order valence-corrected chi connectivity index (χ1v) is 26.7. The van der Waals surface area contributed by atoms with Gasteiger partial charge in [0.25, 0.3) is 0 Å². The Bertz CT molecular complexity index is 3970. The lowest BCUT2D eigenvalue weighted by Gasteiger charge is -2.49. The molecule has 0 saturated carbocycles. The van der Waals surface area contributed by atoms with Gasteiger partial charge in [-0.25, -0.2) is 0 Å². The van der Waals surface area contributed by atoms with Crippen molar-refractivity contribution >= 4 is 183 Å². The molecular formula is C60H57B10N3O. The number of rotatable bonds is 4. The number of aromatic nitrogens is 1. The molecule has 4 nitrogen and oxygen atoms in total. The fraction of sp³-hybridized carbons (Fsp3) is 0.133. The van der Waals surface area contributed by atoms with Crippen LogP contribution in [-0.4, -0.2) is 89.1 Å². The van der Waals surface area contributed by atoms with Crippen molar-refractivity contribution in [3.8, 4) is 11.5 Å². The van der Waals surface area contributed by atoms with Crippen molar-refractivity contribution in [2.45, 2.75) is 43.6 Å². The molecule has 14 heteroatoms. The normalized spacial score (nSPS) is 23.3. The van der Waals surface area contributed by atoms with Crippen LogP contribution in [0, 0.1) is 5.41 Å². The minimum absolute atomic E-state index is 0.130. The molecule has 4 atom stereocenters. The largest absolute Gasteiger partial charge is 0.457 e. The number of nitrogens with two attached hydrogens (primary N) is 1. The lowest BCUT2D eigenvalue weighted by Crippen LogP contribution is -2.62. The van der Waals surface area contributed by atoms with Gasteiger partial charge in [-0.05, 0) is 86.9 Å². The summed E-state index contributed by atoms with van der Waals surface area (Å²) >= 11 is 0. The number of hydrogen-bond donors (Lipinski definition) is 1. The predicted molar refractivity (Wildman–Crippen MR) is 346 cm³/mol. The third-order valence-corrected chi connectivity index (χ3v) is 19.2. The van der Waals surface area contributed by atoms with Crippen molar-refractivity contribution in [3.05, 3.63) is 185 Å². The maximum absolute atomic E-state index is 7.80. The zero-order valence-corrected chi connectivity index (χ0v) is 45.4. The number of fused-ring (bicyclic) bond motifs is 7. The van der Waals surface area contributed by atoms with Gasteiger partial charge >= 0.3 is 0 Å². The van der Waals surface area contributed by atoms with Crippen LogP contribution in [0.2, 0.25) is 0 Å². The quantitative estimate of drug-likeness (QED) is 0.190. The summed E-state index contributed by atoms with van der Waals surface area (Å²) in [6, 6.07) is 40.3. The minimum Gasteiger partial charge on any atom is -0.457 e. The maximum Gasteiger partial charge on any atom is 0.139 e. The molecule has 0 amide bonds. The Balaban J connectivity index is 1.27. The Hall–Kier alpha value is -6.91. The van der Waals surface area contributed by atoms with Crippen molar-refractivity contribution in [2.75, 3.05) is 4.90 Å². The fourth-order valence-electron chi connectivity index (χ4n) is 15.1. The smallest absolute Gasteiger partial charge is 0.139 e. The van der Waals surface area contributed by atoms with Gasteiger partial charge in [-0.15, -0.1) is 32.8 Å². The average Bonchev–Trinajstić information content (AvgIpc) is 4.25. The molecule has 0 saturated heterocycles. The van der Waals surface area contributed by atoms with Crippen molar-refractivity contribution < 1.29 is 4.74 Å². The summed E-state index contributed by atoms with van der Waals surface area (Å²) in [4.78, 5) is 2.75. The first-order valence-electron chi connectivity index (χ1n) is 26.7. The van der Waals surface area contributed by atoms with Crippen LogP contribution in [-0.2, 0) is 10.8 Å². The molecule has 8 aromatic rings. The lowest BCUT2D eigenvalue weighted by atomic mass is 9.48. The van der Waals surface area contributed by atoms with Crippen LogP contribution in [0.15, 0.2) is 151 Å². The molecule has 0 bridgehead atoms. The summed E-state index contributed by atoms with van der Waals surface area (Å²) in [5.41, 5.74) is 35.6. The molecule has 0 fully saturated rings. The minimum atomic E-state index is -0.816. The summed E-state index contributed by atoms with van der Waals surface area (Å²) in [7, 11) is 23.6. The standard InChI is InChI=1S/C60H57B10N3O/c1-58(2,3)34-27-40(71)73-35-18-9-7-15-30(35)31-22-23-39-44(56(31)73)60(26-24-29(34)28-13-5-4-6-14-28)43-37(20-11-21-38(43)74-39)72-36-19-10-8-16-32(36)42(57(60)72)59(45-48(63)52(67)55(70)53(68)49(45)64)25-12-17-33(59)41-46(61)50(65)54(69)51(66)47(41)62/h4-27,42,57H,61-71H2,1-3H3/b26-24+,34-29-,40-27+. The molecule has 5 aliphatic rings. The zero-order chi connectivity index (χ0) is 51.7. The van der Waals surface area contributed by atoms with E-state index in [0.717, 1.165) is 50.0 Å². The van der Waals surface area contributed by atoms with Crippen LogP contribution in [0.3, 0.4) is 0 Å². The third-order valence-electron chi connectivity index (χ3n) is 19.2. The van der Waals surface area contributed by atoms with E-state index < -0.39 is 10.8 Å². The molecule has 7 aromatic carbocycles. The second kappa shape index (κ2) is 16.0. The summed E-state index contributed by atoms with van der Waals surface area (Å²) in [6.45, 7) is 6.97. The van der Waals surface area contributed by atoms with Gasteiger partial charge < -0.3 is 15.4 Å². The van der Waals surface area contributed by atoms with E-state index in [4.69, 9.17) is 10.5 Å². The van der Waals surface area contributed by atoms with Crippen molar-refractivity contribution in [2.24, 2.45) is 11.1 Å². The van der Waals surface area contributed by atoms with E-state index in [1.165, 1.54) is 99.4 Å². The highest BCUT2D eigenvalue weighted by Gasteiger charge is 2.67. The number of ether oxygens (including phenoxy) is 1. The van der Waals surface area contributed by atoms with Gasteiger partial charge in [0.15, 0.2) is 0 Å². The molecule has 1 spiro atoms. The average molecular weight is 944 g/mol. The Morgan fingerprint density at radius 3 is 1.86 bits per heavy atom. The number of anilines is 2. The highest BCUT2D eigenvalue weighted by molar-refractivity contribution is 6.69. The molecule has 5 heterocycles. The van der Waals surface area contributed by atoms with Crippen LogP contribution in [0.5, 0.6) is 11.5 Å². The predicted octanol–water partition coefficient (Wildman–Crippen LogP) is -3.19. The first kappa shape index (κ1) is 46.8. The third kappa shape index (κ3) is 5.89. The van der Waals surface area contributed by atoms with E-state index in [-0.39, 0.29) is 17.4 Å².